The van der Waals surface area contributed by atoms with Gasteiger partial charge in [-0.3, -0.25) is 0 Å². The number of carbonyl (C=O) groups excluding carboxylic acids is 1. The van der Waals surface area contributed by atoms with Gasteiger partial charge in [-0.25, -0.2) is 9.80 Å². The molecular weight excluding hydrogens is 222 g/mol. The highest BCUT2D eigenvalue weighted by Crippen LogP contribution is 2.22. The fourth-order valence-electron chi connectivity index (χ4n) is 1.36. The summed E-state index contributed by atoms with van der Waals surface area (Å²) in [5.41, 5.74) is 1.05. The Morgan fingerprint density at radius 2 is 2.25 bits per heavy atom. The number of nitrogens with one attached hydrogen (secondary N) is 1. The van der Waals surface area contributed by atoms with Crippen LogP contribution in [0.15, 0.2) is 35.4 Å². The van der Waals surface area contributed by atoms with Crippen LogP contribution in [0.2, 0.25) is 0 Å². The van der Waals surface area contributed by atoms with E-state index in [1.807, 2.05) is 37.3 Å². The maximum absolute atomic E-state index is 11.5. The SMILES string of the molecule is CCNC(=O)N1CSC(c2ccccc2)=N1. The van der Waals surface area contributed by atoms with E-state index in [-0.39, 0.29) is 6.03 Å². The van der Waals surface area contributed by atoms with Crippen LogP contribution in [0.4, 0.5) is 4.79 Å². The van der Waals surface area contributed by atoms with Crippen molar-refractivity contribution in [1.82, 2.24) is 10.3 Å². The summed E-state index contributed by atoms with van der Waals surface area (Å²) in [6, 6.07) is 9.74. The largest absolute Gasteiger partial charge is 0.338 e. The Bertz CT molecular complexity index is 405. The molecule has 0 aromatic heterocycles. The second-order valence-corrected chi connectivity index (χ2v) is 4.21. The van der Waals surface area contributed by atoms with Crippen LogP contribution in [0.3, 0.4) is 0 Å². The third-order valence-corrected chi connectivity index (χ3v) is 3.08. The van der Waals surface area contributed by atoms with Crippen molar-refractivity contribution in [2.45, 2.75) is 6.92 Å². The molecule has 16 heavy (non-hydrogen) atoms. The summed E-state index contributed by atoms with van der Waals surface area (Å²) in [6.45, 7) is 2.51. The zero-order chi connectivity index (χ0) is 11.4. The highest BCUT2D eigenvalue weighted by atomic mass is 32.2. The van der Waals surface area contributed by atoms with Crippen LogP contribution in [0.1, 0.15) is 12.5 Å². The molecule has 0 saturated carbocycles. The van der Waals surface area contributed by atoms with Gasteiger partial charge in [0.25, 0.3) is 0 Å². The van der Waals surface area contributed by atoms with Crippen molar-refractivity contribution in [3.8, 4) is 0 Å². The summed E-state index contributed by atoms with van der Waals surface area (Å²) >= 11 is 1.57. The van der Waals surface area contributed by atoms with Gasteiger partial charge in [-0.05, 0) is 6.92 Å². The van der Waals surface area contributed by atoms with Gasteiger partial charge in [0.2, 0.25) is 0 Å². The smallest absolute Gasteiger partial charge is 0.337 e. The zero-order valence-corrected chi connectivity index (χ0v) is 9.83. The van der Waals surface area contributed by atoms with E-state index < -0.39 is 0 Å². The molecule has 5 heteroatoms. The first-order valence-electron chi connectivity index (χ1n) is 5.13. The number of hydrazone groups is 1. The molecule has 84 valence electrons. The van der Waals surface area contributed by atoms with Crippen LogP contribution in [-0.4, -0.2) is 28.5 Å². The lowest BCUT2D eigenvalue weighted by atomic mass is 10.2. The molecule has 1 N–H and O–H groups in total. The zero-order valence-electron chi connectivity index (χ0n) is 9.01. The predicted octanol–water partition coefficient (Wildman–Crippen LogP) is 2.08. The molecule has 1 aliphatic rings. The predicted molar refractivity (Wildman–Crippen MR) is 66.3 cm³/mol. The molecule has 0 unspecified atom stereocenters. The van der Waals surface area contributed by atoms with E-state index in [9.17, 15) is 4.79 Å². The number of amides is 2. The summed E-state index contributed by atoms with van der Waals surface area (Å²) < 4.78 is 0. The van der Waals surface area contributed by atoms with E-state index >= 15 is 0 Å². The lowest BCUT2D eigenvalue weighted by Gasteiger charge is -2.09. The molecule has 0 radical (unpaired) electrons. The Morgan fingerprint density at radius 3 is 2.94 bits per heavy atom. The van der Waals surface area contributed by atoms with Gasteiger partial charge in [0, 0.05) is 12.1 Å². The average molecular weight is 235 g/mol. The lowest BCUT2D eigenvalue weighted by molar-refractivity contribution is 0.210. The number of carbonyl (C=O) groups is 1. The molecule has 2 rings (SSSR count). The maximum Gasteiger partial charge on any atom is 0.338 e. The molecule has 0 spiro atoms. The summed E-state index contributed by atoms with van der Waals surface area (Å²) in [5.74, 6) is 0.579. The molecule has 0 aliphatic carbocycles. The van der Waals surface area contributed by atoms with E-state index in [2.05, 4.69) is 10.4 Å². The molecule has 0 atom stereocenters. The normalized spacial score (nSPS) is 14.8. The van der Waals surface area contributed by atoms with E-state index in [0.29, 0.717) is 12.4 Å². The van der Waals surface area contributed by atoms with Crippen LogP contribution in [-0.2, 0) is 0 Å². The van der Waals surface area contributed by atoms with Crippen molar-refractivity contribution >= 4 is 22.8 Å². The fraction of sp³-hybridized carbons (Fsp3) is 0.273. The summed E-state index contributed by atoms with van der Waals surface area (Å²) in [4.78, 5) is 11.5. The Kier molecular flexibility index (Phi) is 3.46. The number of hydrogen-bond acceptors (Lipinski definition) is 3. The van der Waals surface area contributed by atoms with Gasteiger partial charge in [0.05, 0.1) is 5.88 Å². The van der Waals surface area contributed by atoms with E-state index in [1.165, 1.54) is 5.01 Å². The second-order valence-electron chi connectivity index (χ2n) is 3.28. The quantitative estimate of drug-likeness (QED) is 0.853. The van der Waals surface area contributed by atoms with Gasteiger partial charge in [-0.15, -0.1) is 0 Å². The van der Waals surface area contributed by atoms with Gasteiger partial charge >= 0.3 is 6.03 Å². The fourth-order valence-corrected chi connectivity index (χ4v) is 2.24. The highest BCUT2D eigenvalue weighted by Gasteiger charge is 2.21. The summed E-state index contributed by atoms with van der Waals surface area (Å²) in [5, 5.41) is 9.35. The van der Waals surface area contributed by atoms with E-state index in [1.54, 1.807) is 11.8 Å². The number of thioether (sulfide) groups is 1. The standard InChI is InChI=1S/C11H13N3OS/c1-2-12-11(15)14-8-16-10(13-14)9-6-4-3-5-7-9/h3-7H,2,8H2,1H3,(H,12,15). The number of benzene rings is 1. The molecule has 1 heterocycles. The first-order valence-corrected chi connectivity index (χ1v) is 6.12. The third-order valence-electron chi connectivity index (χ3n) is 2.12. The number of hydrogen-bond donors (Lipinski definition) is 1. The minimum absolute atomic E-state index is 0.138. The average Bonchev–Trinajstić information content (AvgIpc) is 2.80. The van der Waals surface area contributed by atoms with Crippen LogP contribution < -0.4 is 5.32 Å². The second kappa shape index (κ2) is 5.03. The third kappa shape index (κ3) is 2.36. The molecule has 0 fully saturated rings. The lowest BCUT2D eigenvalue weighted by Crippen LogP contribution is -2.34. The molecule has 4 nitrogen and oxygen atoms in total. The summed E-state index contributed by atoms with van der Waals surface area (Å²) in [7, 11) is 0. The molecule has 1 aromatic carbocycles. The van der Waals surface area contributed by atoms with Gasteiger partial charge in [-0.2, -0.15) is 5.10 Å². The number of nitrogens with zero attached hydrogens (tertiary/aromatic N) is 2. The Hall–Kier alpha value is -1.49. The van der Waals surface area contributed by atoms with E-state index in [4.69, 9.17) is 0 Å². The molecule has 0 bridgehead atoms. The first kappa shape index (κ1) is 11.0. The summed E-state index contributed by atoms with van der Waals surface area (Å²) in [6.07, 6.45) is 0. The van der Waals surface area contributed by atoms with E-state index in [0.717, 1.165) is 10.6 Å². The van der Waals surface area contributed by atoms with Gasteiger partial charge in [-0.1, -0.05) is 42.1 Å². The molecule has 2 amide bonds. The first-order chi connectivity index (χ1) is 7.81. The molecule has 0 saturated heterocycles. The molecular formula is C11H13N3OS. The van der Waals surface area contributed by atoms with Crippen molar-refractivity contribution < 1.29 is 4.79 Å². The molecule has 1 aliphatic heterocycles. The Balaban J connectivity index is 2.09. The van der Waals surface area contributed by atoms with Gasteiger partial charge in [0.15, 0.2) is 0 Å². The van der Waals surface area contributed by atoms with Crippen molar-refractivity contribution in [2.24, 2.45) is 5.10 Å². The van der Waals surface area contributed by atoms with Crippen molar-refractivity contribution in [1.29, 1.82) is 0 Å². The van der Waals surface area contributed by atoms with Gasteiger partial charge < -0.3 is 5.32 Å². The van der Waals surface area contributed by atoms with Crippen molar-refractivity contribution in [3.05, 3.63) is 35.9 Å². The minimum atomic E-state index is -0.138. The minimum Gasteiger partial charge on any atom is -0.337 e. The van der Waals surface area contributed by atoms with Crippen LogP contribution in [0.5, 0.6) is 0 Å². The maximum atomic E-state index is 11.5. The van der Waals surface area contributed by atoms with Crippen LogP contribution >= 0.6 is 11.8 Å². The Morgan fingerprint density at radius 1 is 1.50 bits per heavy atom. The molecule has 1 aromatic rings. The Labute approximate surface area is 98.7 Å². The van der Waals surface area contributed by atoms with Gasteiger partial charge in [0.1, 0.15) is 5.04 Å². The number of urea groups is 1. The van der Waals surface area contributed by atoms with Crippen molar-refractivity contribution in [2.75, 3.05) is 12.4 Å². The van der Waals surface area contributed by atoms with Crippen LogP contribution in [0, 0.1) is 0 Å². The number of rotatable bonds is 2. The van der Waals surface area contributed by atoms with Crippen molar-refractivity contribution in [3.63, 3.8) is 0 Å². The topological polar surface area (TPSA) is 44.7 Å². The van der Waals surface area contributed by atoms with Crippen LogP contribution in [0.25, 0.3) is 0 Å². The highest BCUT2D eigenvalue weighted by molar-refractivity contribution is 8.14. The monoisotopic (exact) mass is 235 g/mol.